The fraction of sp³-hybridized carbons (Fsp3) is 0.250. The number of hydrogen-bond acceptors (Lipinski definition) is 3. The molecule has 6 heteroatoms. The van der Waals surface area contributed by atoms with Gasteiger partial charge in [-0.25, -0.2) is 8.42 Å². The largest absolute Gasteiger partial charge is 0.455 e. The molecule has 0 spiro atoms. The lowest BCUT2D eigenvalue weighted by atomic mass is 10.1. The van der Waals surface area contributed by atoms with Gasteiger partial charge in [-0.05, 0) is 60.7 Å². The van der Waals surface area contributed by atoms with E-state index in [-0.39, 0.29) is 0 Å². The molecule has 0 radical (unpaired) electrons. The number of anilines is 1. The number of fused-ring (bicyclic) bond motifs is 1. The fourth-order valence-corrected chi connectivity index (χ4v) is 3.36. The van der Waals surface area contributed by atoms with Crippen LogP contribution in [0.15, 0.2) is 36.4 Å². The van der Waals surface area contributed by atoms with Crippen LogP contribution in [0.1, 0.15) is 17.5 Å². The molecule has 1 aliphatic rings. The molecule has 1 aliphatic carbocycles. The van der Waals surface area contributed by atoms with E-state index >= 15 is 0 Å². The minimum atomic E-state index is -3.37. The van der Waals surface area contributed by atoms with Crippen LogP contribution in [0, 0.1) is 0 Å². The molecule has 0 unspecified atom stereocenters. The Labute approximate surface area is 135 Å². The number of ether oxygens (including phenoxy) is 1. The molecule has 0 aliphatic heterocycles. The van der Waals surface area contributed by atoms with Crippen LogP contribution in [0.5, 0.6) is 11.5 Å². The van der Waals surface area contributed by atoms with Gasteiger partial charge in [-0.1, -0.05) is 17.7 Å². The van der Waals surface area contributed by atoms with Crippen molar-refractivity contribution in [3.63, 3.8) is 0 Å². The third kappa shape index (κ3) is 3.54. The van der Waals surface area contributed by atoms with Crippen molar-refractivity contribution in [3.05, 3.63) is 52.5 Å². The van der Waals surface area contributed by atoms with Crippen LogP contribution >= 0.6 is 11.6 Å². The molecular weight excluding hydrogens is 322 g/mol. The van der Waals surface area contributed by atoms with Gasteiger partial charge in [0.25, 0.3) is 0 Å². The topological polar surface area (TPSA) is 55.4 Å². The van der Waals surface area contributed by atoms with Crippen molar-refractivity contribution in [2.75, 3.05) is 11.0 Å². The zero-order valence-corrected chi connectivity index (χ0v) is 13.7. The monoisotopic (exact) mass is 337 g/mol. The predicted molar refractivity (Wildman–Crippen MR) is 88.5 cm³/mol. The normalized spacial score (nSPS) is 13.7. The van der Waals surface area contributed by atoms with Crippen molar-refractivity contribution in [1.82, 2.24) is 0 Å². The number of sulfonamides is 1. The van der Waals surface area contributed by atoms with Gasteiger partial charge in [-0.2, -0.15) is 0 Å². The molecule has 0 saturated carbocycles. The Kier molecular flexibility index (Phi) is 4.02. The molecular formula is C16H16ClNO3S. The smallest absolute Gasteiger partial charge is 0.229 e. The van der Waals surface area contributed by atoms with Gasteiger partial charge < -0.3 is 4.74 Å². The Morgan fingerprint density at radius 2 is 1.86 bits per heavy atom. The number of nitrogens with one attached hydrogen (secondary N) is 1. The zero-order chi connectivity index (χ0) is 15.7. The van der Waals surface area contributed by atoms with E-state index < -0.39 is 10.0 Å². The lowest BCUT2D eigenvalue weighted by Gasteiger charge is -2.14. The number of hydrogen-bond donors (Lipinski definition) is 1. The molecule has 4 nitrogen and oxygen atoms in total. The lowest BCUT2D eigenvalue weighted by molar-refractivity contribution is 0.484. The van der Waals surface area contributed by atoms with Gasteiger partial charge in [-0.15, -0.1) is 0 Å². The van der Waals surface area contributed by atoms with Crippen LogP contribution in [-0.4, -0.2) is 14.7 Å². The summed E-state index contributed by atoms with van der Waals surface area (Å²) < 4.78 is 31.5. The molecule has 2 aromatic rings. The first kappa shape index (κ1) is 15.2. The van der Waals surface area contributed by atoms with Gasteiger partial charge in [0.15, 0.2) is 5.75 Å². The van der Waals surface area contributed by atoms with Crippen molar-refractivity contribution >= 4 is 27.3 Å². The predicted octanol–water partition coefficient (Wildman–Crippen LogP) is 3.99. The summed E-state index contributed by atoms with van der Waals surface area (Å²) in [6.07, 6.45) is 4.16. The first-order valence-electron chi connectivity index (χ1n) is 6.98. The maximum absolute atomic E-state index is 11.6. The molecule has 0 aromatic heterocycles. The molecule has 0 fully saturated rings. The van der Waals surface area contributed by atoms with Crippen molar-refractivity contribution in [2.45, 2.75) is 19.3 Å². The van der Waals surface area contributed by atoms with Gasteiger partial charge >= 0.3 is 0 Å². The average Bonchev–Trinajstić information content (AvgIpc) is 2.84. The Bertz CT molecular complexity index is 818. The number of aryl methyl sites for hydroxylation is 2. The van der Waals surface area contributed by atoms with Crippen molar-refractivity contribution < 1.29 is 13.2 Å². The molecule has 1 N–H and O–H groups in total. The molecule has 0 amide bonds. The summed E-state index contributed by atoms with van der Waals surface area (Å²) in [5.41, 5.74) is 2.84. The Hall–Kier alpha value is -1.72. The highest BCUT2D eigenvalue weighted by atomic mass is 35.5. The summed E-state index contributed by atoms with van der Waals surface area (Å²) in [7, 11) is -3.37. The molecule has 116 valence electrons. The maximum atomic E-state index is 11.6. The van der Waals surface area contributed by atoms with Crippen LogP contribution in [0.25, 0.3) is 0 Å². The summed E-state index contributed by atoms with van der Waals surface area (Å²) in [6.45, 7) is 0. The zero-order valence-electron chi connectivity index (χ0n) is 12.1. The van der Waals surface area contributed by atoms with Gasteiger partial charge in [-0.3, -0.25) is 4.72 Å². The number of halogens is 1. The van der Waals surface area contributed by atoms with E-state index in [1.807, 2.05) is 12.1 Å². The van der Waals surface area contributed by atoms with E-state index in [1.165, 1.54) is 11.1 Å². The second kappa shape index (κ2) is 5.82. The van der Waals surface area contributed by atoms with Crippen LogP contribution < -0.4 is 9.46 Å². The third-order valence-corrected chi connectivity index (χ3v) is 4.34. The number of rotatable bonds is 4. The van der Waals surface area contributed by atoms with E-state index in [0.29, 0.717) is 22.2 Å². The van der Waals surface area contributed by atoms with Gasteiger partial charge in [0.1, 0.15) is 5.75 Å². The van der Waals surface area contributed by atoms with E-state index in [0.717, 1.165) is 25.5 Å². The summed E-state index contributed by atoms with van der Waals surface area (Å²) in [5, 5.41) is 0.566. The number of benzene rings is 2. The highest BCUT2D eigenvalue weighted by Gasteiger charge is 2.18. The van der Waals surface area contributed by atoms with Crippen molar-refractivity contribution in [2.24, 2.45) is 0 Å². The second-order valence-electron chi connectivity index (χ2n) is 5.40. The van der Waals surface area contributed by atoms with E-state index in [2.05, 4.69) is 4.72 Å². The minimum absolute atomic E-state index is 0.461. The highest BCUT2D eigenvalue weighted by molar-refractivity contribution is 7.92. The summed E-state index contributed by atoms with van der Waals surface area (Å²) in [6, 6.07) is 10.8. The Morgan fingerprint density at radius 3 is 2.55 bits per heavy atom. The molecule has 0 saturated heterocycles. The molecule has 3 rings (SSSR count). The van der Waals surface area contributed by atoms with Crippen LogP contribution in [0.3, 0.4) is 0 Å². The fourth-order valence-electron chi connectivity index (χ4n) is 2.62. The second-order valence-corrected chi connectivity index (χ2v) is 7.59. The molecule has 0 bridgehead atoms. The summed E-state index contributed by atoms with van der Waals surface area (Å²) in [5.74, 6) is 1.07. The molecule has 22 heavy (non-hydrogen) atoms. The Morgan fingerprint density at radius 1 is 1.14 bits per heavy atom. The molecule has 2 aromatic carbocycles. The quantitative estimate of drug-likeness (QED) is 0.917. The lowest BCUT2D eigenvalue weighted by Crippen LogP contribution is -2.11. The summed E-state index contributed by atoms with van der Waals surface area (Å²) in [4.78, 5) is 0. The van der Waals surface area contributed by atoms with E-state index in [4.69, 9.17) is 16.3 Å². The van der Waals surface area contributed by atoms with Gasteiger partial charge in [0.2, 0.25) is 10.0 Å². The van der Waals surface area contributed by atoms with Crippen molar-refractivity contribution in [3.8, 4) is 11.5 Å². The maximum Gasteiger partial charge on any atom is 0.229 e. The Balaban J connectivity index is 2.01. The van der Waals surface area contributed by atoms with Crippen LogP contribution in [0.2, 0.25) is 5.02 Å². The van der Waals surface area contributed by atoms with Crippen LogP contribution in [-0.2, 0) is 22.9 Å². The van der Waals surface area contributed by atoms with Gasteiger partial charge in [0.05, 0.1) is 11.9 Å². The summed E-state index contributed by atoms with van der Waals surface area (Å²) >= 11 is 5.96. The highest BCUT2D eigenvalue weighted by Crippen LogP contribution is 2.36. The first-order chi connectivity index (χ1) is 10.4. The first-order valence-corrected chi connectivity index (χ1v) is 9.25. The average molecular weight is 338 g/mol. The van der Waals surface area contributed by atoms with Crippen molar-refractivity contribution in [1.29, 1.82) is 0 Å². The molecule has 0 heterocycles. The van der Waals surface area contributed by atoms with E-state index in [1.54, 1.807) is 24.3 Å². The standard InChI is InChI=1S/C16H16ClNO3S/c1-22(19,20)18-15-8-11-4-2-5-12(11)9-16(15)21-14-7-3-6-13(17)10-14/h3,6-10,18H,2,4-5H2,1H3. The SMILES string of the molecule is CS(=O)(=O)Nc1cc2c(cc1Oc1cccc(Cl)c1)CCC2. The third-order valence-electron chi connectivity index (χ3n) is 3.51. The van der Waals surface area contributed by atoms with E-state index in [9.17, 15) is 8.42 Å². The minimum Gasteiger partial charge on any atom is -0.455 e. The molecule has 0 atom stereocenters. The van der Waals surface area contributed by atoms with Gasteiger partial charge in [0, 0.05) is 5.02 Å². The van der Waals surface area contributed by atoms with Crippen LogP contribution in [0.4, 0.5) is 5.69 Å².